The third-order valence-electron chi connectivity index (χ3n) is 1.85. The molecule has 0 amide bonds. The number of nitrogens with one attached hydrogen (secondary N) is 1. The van der Waals surface area contributed by atoms with E-state index in [1.807, 2.05) is 6.92 Å². The van der Waals surface area contributed by atoms with Crippen LogP contribution in [0.2, 0.25) is 0 Å². The second-order valence-corrected chi connectivity index (χ2v) is 3.51. The minimum absolute atomic E-state index is 0.208. The van der Waals surface area contributed by atoms with E-state index in [0.29, 0.717) is 11.0 Å². The molecule has 0 bridgehead atoms. The molecule has 0 aromatic carbocycles. The van der Waals surface area contributed by atoms with E-state index in [1.165, 1.54) is 6.33 Å². The van der Waals surface area contributed by atoms with E-state index in [9.17, 15) is 4.79 Å². The molecule has 0 aliphatic carbocycles. The number of nitrogens with zero attached hydrogens (tertiary/aromatic N) is 2. The molecule has 2 heterocycles. The molecule has 0 radical (unpaired) electrons. The van der Waals surface area contributed by atoms with Crippen molar-refractivity contribution in [2.45, 2.75) is 6.92 Å². The molecule has 2 rings (SSSR count). The van der Waals surface area contributed by atoms with Crippen molar-refractivity contribution in [1.29, 1.82) is 0 Å². The van der Waals surface area contributed by atoms with Crippen LogP contribution < -0.4 is 5.56 Å². The molecule has 0 aliphatic heterocycles. The van der Waals surface area contributed by atoms with Gasteiger partial charge in [0.15, 0.2) is 5.52 Å². The first kappa shape index (κ1) is 8.37. The summed E-state index contributed by atoms with van der Waals surface area (Å²) in [6.45, 7) is 1.89. The number of aromatic amines is 1. The van der Waals surface area contributed by atoms with Gasteiger partial charge in [0.25, 0.3) is 5.56 Å². The lowest BCUT2D eigenvalue weighted by Crippen LogP contribution is -2.08. The normalized spacial score (nSPS) is 10.6. The molecule has 4 nitrogen and oxygen atoms in total. The summed E-state index contributed by atoms with van der Waals surface area (Å²) in [6, 6.07) is 0. The monoisotopic (exact) mass is 239 g/mol. The molecule has 0 unspecified atom stereocenters. The van der Waals surface area contributed by atoms with Crippen LogP contribution in [0.4, 0.5) is 0 Å². The number of aromatic nitrogens is 3. The third-order valence-corrected chi connectivity index (χ3v) is 2.65. The second kappa shape index (κ2) is 2.92. The van der Waals surface area contributed by atoms with E-state index in [0.717, 1.165) is 10.0 Å². The Hall–Kier alpha value is -1.23. The number of halogens is 1. The molecule has 1 N–H and O–H groups in total. The Labute approximate surface area is 82.2 Å². The fourth-order valence-electron chi connectivity index (χ4n) is 1.12. The van der Waals surface area contributed by atoms with Crippen molar-refractivity contribution in [3.63, 3.8) is 0 Å². The lowest BCUT2D eigenvalue weighted by molar-refractivity contribution is 1.13. The molecular formula is C8H6BrN3O. The van der Waals surface area contributed by atoms with E-state index >= 15 is 0 Å². The quantitative estimate of drug-likeness (QED) is 0.756. The Balaban J connectivity index is 3.03. The molecule has 0 aliphatic rings. The maximum Gasteiger partial charge on any atom is 0.277 e. The zero-order chi connectivity index (χ0) is 9.42. The largest absolute Gasteiger partial charge is 0.311 e. The van der Waals surface area contributed by atoms with Crippen molar-refractivity contribution in [1.82, 2.24) is 15.0 Å². The summed E-state index contributed by atoms with van der Waals surface area (Å²) < 4.78 is 0.859. The highest BCUT2D eigenvalue weighted by atomic mass is 79.9. The minimum atomic E-state index is -0.208. The summed E-state index contributed by atoms with van der Waals surface area (Å²) in [4.78, 5) is 21.8. The molecule has 66 valence electrons. The predicted octanol–water partition coefficient (Wildman–Crippen LogP) is 1.39. The van der Waals surface area contributed by atoms with Crippen LogP contribution in [0.5, 0.6) is 0 Å². The van der Waals surface area contributed by atoms with Crippen molar-refractivity contribution in [2.75, 3.05) is 0 Å². The van der Waals surface area contributed by atoms with Crippen LogP contribution in [-0.4, -0.2) is 15.0 Å². The number of hydrogen-bond donors (Lipinski definition) is 1. The Morgan fingerprint density at radius 3 is 2.92 bits per heavy atom. The maximum absolute atomic E-state index is 11.3. The van der Waals surface area contributed by atoms with Crippen molar-refractivity contribution in [2.24, 2.45) is 0 Å². The van der Waals surface area contributed by atoms with Gasteiger partial charge in [-0.3, -0.25) is 4.79 Å². The molecule has 2 aromatic heterocycles. The van der Waals surface area contributed by atoms with E-state index < -0.39 is 0 Å². The van der Waals surface area contributed by atoms with Gasteiger partial charge in [0, 0.05) is 10.7 Å². The van der Waals surface area contributed by atoms with Gasteiger partial charge in [-0.25, -0.2) is 9.97 Å². The average molecular weight is 240 g/mol. The predicted molar refractivity (Wildman–Crippen MR) is 52.6 cm³/mol. The molecule has 2 aromatic rings. The van der Waals surface area contributed by atoms with E-state index in [-0.39, 0.29) is 5.56 Å². The summed E-state index contributed by atoms with van der Waals surface area (Å²) in [5.41, 5.74) is 1.73. The standard InChI is InChI=1S/C8H6BrN3O/c1-4-5(9)2-10-7-6(4)11-3-12-8(7)13/h2-3H,1H3,(H,11,12,13). The van der Waals surface area contributed by atoms with Crippen molar-refractivity contribution < 1.29 is 0 Å². The van der Waals surface area contributed by atoms with Gasteiger partial charge in [-0.05, 0) is 28.4 Å². The minimum Gasteiger partial charge on any atom is -0.311 e. The van der Waals surface area contributed by atoms with Crippen molar-refractivity contribution in [3.8, 4) is 0 Å². The SMILES string of the molecule is Cc1c(Br)cnc2c(=O)[nH]cnc12. The topological polar surface area (TPSA) is 58.6 Å². The first-order valence-corrected chi connectivity index (χ1v) is 4.48. The van der Waals surface area contributed by atoms with Gasteiger partial charge in [-0.2, -0.15) is 0 Å². The van der Waals surface area contributed by atoms with Crippen LogP contribution in [-0.2, 0) is 0 Å². The smallest absolute Gasteiger partial charge is 0.277 e. The van der Waals surface area contributed by atoms with Gasteiger partial charge in [0.05, 0.1) is 6.33 Å². The van der Waals surface area contributed by atoms with Crippen LogP contribution >= 0.6 is 15.9 Å². The number of hydrogen-bond acceptors (Lipinski definition) is 3. The second-order valence-electron chi connectivity index (χ2n) is 2.66. The summed E-state index contributed by atoms with van der Waals surface area (Å²) in [7, 11) is 0. The Morgan fingerprint density at radius 1 is 1.38 bits per heavy atom. The molecule has 0 saturated heterocycles. The van der Waals surface area contributed by atoms with Gasteiger partial charge in [-0.1, -0.05) is 0 Å². The van der Waals surface area contributed by atoms with Crippen LogP contribution in [0.3, 0.4) is 0 Å². The molecule has 0 atom stereocenters. The summed E-state index contributed by atoms with van der Waals surface area (Å²) in [5.74, 6) is 0. The highest BCUT2D eigenvalue weighted by Gasteiger charge is 2.05. The average Bonchev–Trinajstić information content (AvgIpc) is 2.12. The maximum atomic E-state index is 11.3. The van der Waals surface area contributed by atoms with Gasteiger partial charge in [-0.15, -0.1) is 0 Å². The molecule has 0 spiro atoms. The summed E-state index contributed by atoms with van der Waals surface area (Å²) in [5, 5.41) is 0. The Bertz CT molecular complexity index is 520. The molecular weight excluding hydrogens is 234 g/mol. The first-order chi connectivity index (χ1) is 6.20. The van der Waals surface area contributed by atoms with Crippen molar-refractivity contribution >= 4 is 27.0 Å². The van der Waals surface area contributed by atoms with Gasteiger partial charge >= 0.3 is 0 Å². The molecule has 0 fully saturated rings. The van der Waals surface area contributed by atoms with Crippen LogP contribution in [0.1, 0.15) is 5.56 Å². The Kier molecular flexibility index (Phi) is 1.88. The fourth-order valence-corrected chi connectivity index (χ4v) is 1.41. The number of fused-ring (bicyclic) bond motifs is 1. The van der Waals surface area contributed by atoms with E-state index in [1.54, 1.807) is 6.20 Å². The number of rotatable bonds is 0. The highest BCUT2D eigenvalue weighted by molar-refractivity contribution is 9.10. The lowest BCUT2D eigenvalue weighted by atomic mass is 10.2. The summed E-state index contributed by atoms with van der Waals surface area (Å²) >= 11 is 3.33. The fraction of sp³-hybridized carbons (Fsp3) is 0.125. The lowest BCUT2D eigenvalue weighted by Gasteiger charge is -2.00. The van der Waals surface area contributed by atoms with Crippen molar-refractivity contribution in [3.05, 3.63) is 32.9 Å². The zero-order valence-corrected chi connectivity index (χ0v) is 8.42. The van der Waals surface area contributed by atoms with Gasteiger partial charge < -0.3 is 4.98 Å². The van der Waals surface area contributed by atoms with Crippen LogP contribution in [0.25, 0.3) is 11.0 Å². The van der Waals surface area contributed by atoms with E-state index in [2.05, 4.69) is 30.9 Å². The number of pyridine rings is 1. The third kappa shape index (κ3) is 1.25. The van der Waals surface area contributed by atoms with Gasteiger partial charge in [0.1, 0.15) is 5.52 Å². The molecule has 13 heavy (non-hydrogen) atoms. The molecule has 5 heteroatoms. The number of aryl methyl sites for hydroxylation is 1. The Morgan fingerprint density at radius 2 is 2.15 bits per heavy atom. The van der Waals surface area contributed by atoms with Crippen LogP contribution in [0, 0.1) is 6.92 Å². The number of H-pyrrole nitrogens is 1. The summed E-state index contributed by atoms with van der Waals surface area (Å²) in [6.07, 6.45) is 2.99. The first-order valence-electron chi connectivity index (χ1n) is 3.68. The van der Waals surface area contributed by atoms with Crippen LogP contribution in [0.15, 0.2) is 21.8 Å². The molecule has 0 saturated carbocycles. The van der Waals surface area contributed by atoms with E-state index in [4.69, 9.17) is 0 Å². The van der Waals surface area contributed by atoms with Gasteiger partial charge in [0.2, 0.25) is 0 Å². The zero-order valence-electron chi connectivity index (χ0n) is 6.84. The highest BCUT2D eigenvalue weighted by Crippen LogP contribution is 2.19.